The predicted octanol–water partition coefficient (Wildman–Crippen LogP) is 5.59. The van der Waals surface area contributed by atoms with E-state index >= 15 is 0 Å². The van der Waals surface area contributed by atoms with Crippen LogP contribution in [-0.4, -0.2) is 34.0 Å². The summed E-state index contributed by atoms with van der Waals surface area (Å²) in [5, 5.41) is 4.01. The van der Waals surface area contributed by atoms with Crippen molar-refractivity contribution in [1.82, 2.24) is 10.1 Å². The Kier molecular flexibility index (Phi) is 7.33. The monoisotopic (exact) mass is 453 g/mol. The molecular weight excluding hydrogens is 421 g/mol. The molecule has 0 aliphatic rings. The maximum Gasteiger partial charge on any atom is 0.218 e. The van der Waals surface area contributed by atoms with Gasteiger partial charge in [0.15, 0.2) is 14.1 Å². The first-order chi connectivity index (χ1) is 13.6. The molecule has 0 amide bonds. The zero-order valence-electron chi connectivity index (χ0n) is 19.3. The molecule has 2 rings (SSSR count). The van der Waals surface area contributed by atoms with Crippen molar-refractivity contribution in [3.05, 3.63) is 35.2 Å². The molecule has 1 unspecified atom stereocenters. The molecule has 0 saturated heterocycles. The van der Waals surface area contributed by atoms with Crippen LogP contribution in [0.15, 0.2) is 21.2 Å². The van der Waals surface area contributed by atoms with E-state index in [1.165, 1.54) is 12.4 Å². The molecule has 2 aromatic rings. The van der Waals surface area contributed by atoms with Crippen LogP contribution in [0.5, 0.6) is 0 Å². The van der Waals surface area contributed by atoms with E-state index in [2.05, 4.69) is 48.4 Å². The van der Waals surface area contributed by atoms with Gasteiger partial charge in [0.25, 0.3) is 0 Å². The molecule has 0 aliphatic carbocycles. The topological polar surface area (TPSA) is 83.6 Å². The number of rotatable bonds is 6. The van der Waals surface area contributed by atoms with E-state index in [-0.39, 0.29) is 11.6 Å². The Labute approximate surface area is 182 Å². The third-order valence-corrected chi connectivity index (χ3v) is 11.2. The van der Waals surface area contributed by atoms with Crippen LogP contribution in [0, 0.1) is 12.9 Å². The summed E-state index contributed by atoms with van der Waals surface area (Å²) in [6.45, 7) is 18.0. The molecule has 0 N–H and O–H groups in total. The van der Waals surface area contributed by atoms with Gasteiger partial charge in [-0.3, -0.25) is 0 Å². The molecule has 1 atom stereocenters. The summed E-state index contributed by atoms with van der Waals surface area (Å²) >= 11 is -1.45. The highest BCUT2D eigenvalue weighted by molar-refractivity contribution is 7.91. The van der Waals surface area contributed by atoms with Gasteiger partial charge in [-0.2, -0.15) is 4.39 Å². The van der Waals surface area contributed by atoms with Gasteiger partial charge in [0.05, 0.1) is 17.9 Å². The van der Waals surface area contributed by atoms with E-state index in [1.807, 2.05) is 20.8 Å². The third-order valence-electron chi connectivity index (χ3n) is 5.33. The minimum Gasteiger partial charge on any atom is -0.591 e. The van der Waals surface area contributed by atoms with Gasteiger partial charge in [-0.15, -0.1) is 0 Å². The average molecular weight is 454 g/mol. The van der Waals surface area contributed by atoms with Crippen LogP contribution in [0.4, 0.5) is 4.39 Å². The Bertz CT molecular complexity index is 917. The van der Waals surface area contributed by atoms with E-state index in [4.69, 9.17) is 8.95 Å². The summed E-state index contributed by atoms with van der Waals surface area (Å²) in [7, 11) is -2.10. The van der Waals surface area contributed by atoms with Gasteiger partial charge in [-0.25, -0.2) is 4.98 Å². The van der Waals surface area contributed by atoms with Crippen molar-refractivity contribution < 1.29 is 17.9 Å². The molecule has 0 fully saturated rings. The highest BCUT2D eigenvalue weighted by atomic mass is 32.2. The van der Waals surface area contributed by atoms with Gasteiger partial charge in [-0.1, -0.05) is 30.3 Å². The fourth-order valence-electron chi connectivity index (χ4n) is 2.36. The number of aromatic nitrogens is 2. The average Bonchev–Trinajstić information content (AvgIpc) is 2.97. The number of hydrogen-bond acceptors (Lipinski definition) is 6. The number of nitrogens with zero attached hydrogens (tertiary/aromatic N) is 3. The summed E-state index contributed by atoms with van der Waals surface area (Å²) in [5.74, 6) is -0.266. The van der Waals surface area contributed by atoms with Gasteiger partial charge in [0.2, 0.25) is 5.95 Å². The van der Waals surface area contributed by atoms with E-state index in [0.29, 0.717) is 28.1 Å². The first kappa shape index (κ1) is 24.7. The van der Waals surface area contributed by atoms with Crippen molar-refractivity contribution in [1.29, 1.82) is 0 Å². The second-order valence-electron chi connectivity index (χ2n) is 9.78. The predicted molar refractivity (Wildman–Crippen MR) is 122 cm³/mol. The van der Waals surface area contributed by atoms with Crippen LogP contribution in [0.1, 0.15) is 58.6 Å². The molecule has 2 heterocycles. The standard InChI is InChI=1S/C21H32FN3O3SSi/c1-14-18(17(28-25-14)12-24-29(26)20(2,3)4)15-10-11-23-19(22)16(15)13-27-30(8,9)21(5,6)7/h10-12H,13H2,1-9H3/b24-12+. The van der Waals surface area contributed by atoms with Crippen molar-refractivity contribution in [3.63, 3.8) is 0 Å². The lowest BCUT2D eigenvalue weighted by molar-refractivity contribution is 0.270. The minimum atomic E-state index is -2.10. The molecular formula is C21H32FN3O3SSi. The molecule has 30 heavy (non-hydrogen) atoms. The van der Waals surface area contributed by atoms with Crippen LogP contribution in [-0.2, 0) is 22.4 Å². The SMILES string of the molecule is Cc1noc(/C=N/[S+]([O-])C(C)(C)C)c1-c1ccnc(F)c1CO[Si](C)(C)C(C)(C)C. The molecule has 0 radical (unpaired) electrons. The molecule has 0 saturated carbocycles. The first-order valence-corrected chi connectivity index (χ1v) is 13.9. The molecule has 0 aliphatic heterocycles. The Morgan fingerprint density at radius 2 is 1.90 bits per heavy atom. The summed E-state index contributed by atoms with van der Waals surface area (Å²) in [5.41, 5.74) is 2.11. The van der Waals surface area contributed by atoms with Crippen LogP contribution in [0.3, 0.4) is 0 Å². The lowest BCUT2D eigenvalue weighted by atomic mass is 10.0. The van der Waals surface area contributed by atoms with Gasteiger partial charge >= 0.3 is 0 Å². The number of aryl methyl sites for hydroxylation is 1. The van der Waals surface area contributed by atoms with Gasteiger partial charge < -0.3 is 13.5 Å². The normalized spacial score (nSPS) is 14.5. The quantitative estimate of drug-likeness (QED) is 0.246. The molecule has 0 spiro atoms. The molecule has 9 heteroatoms. The van der Waals surface area contributed by atoms with Crippen molar-refractivity contribution in [2.45, 2.75) is 78.0 Å². The maximum atomic E-state index is 14.7. The van der Waals surface area contributed by atoms with Crippen molar-refractivity contribution in [2.24, 2.45) is 4.40 Å². The lowest BCUT2D eigenvalue weighted by Gasteiger charge is -2.36. The first-order valence-electron chi connectivity index (χ1n) is 9.85. The van der Waals surface area contributed by atoms with Gasteiger partial charge in [0, 0.05) is 11.8 Å². The lowest BCUT2D eigenvalue weighted by Crippen LogP contribution is -2.40. The van der Waals surface area contributed by atoms with Gasteiger partial charge in [0.1, 0.15) is 22.3 Å². The van der Waals surface area contributed by atoms with Crippen molar-refractivity contribution in [3.8, 4) is 11.1 Å². The van der Waals surface area contributed by atoms with Crippen LogP contribution in [0.25, 0.3) is 11.1 Å². The van der Waals surface area contributed by atoms with E-state index in [0.717, 1.165) is 0 Å². The van der Waals surface area contributed by atoms with Crippen molar-refractivity contribution in [2.75, 3.05) is 0 Å². The maximum absolute atomic E-state index is 14.7. The van der Waals surface area contributed by atoms with Crippen LogP contribution < -0.4 is 0 Å². The fraction of sp³-hybridized carbons (Fsp3) is 0.571. The summed E-state index contributed by atoms with van der Waals surface area (Å²) in [4.78, 5) is 3.81. The Morgan fingerprint density at radius 1 is 1.27 bits per heavy atom. The Hall–Kier alpha value is -1.55. The summed E-state index contributed by atoms with van der Waals surface area (Å²) in [6, 6.07) is 1.71. The molecule has 166 valence electrons. The summed E-state index contributed by atoms with van der Waals surface area (Å²) < 4.78 is 42.3. The smallest absolute Gasteiger partial charge is 0.218 e. The zero-order chi connectivity index (χ0) is 22.9. The van der Waals surface area contributed by atoms with E-state index in [1.54, 1.807) is 13.0 Å². The molecule has 6 nitrogen and oxygen atoms in total. The molecule has 0 aromatic carbocycles. The van der Waals surface area contributed by atoms with Crippen molar-refractivity contribution >= 4 is 25.9 Å². The Balaban J connectivity index is 2.46. The van der Waals surface area contributed by atoms with E-state index in [9.17, 15) is 8.94 Å². The largest absolute Gasteiger partial charge is 0.591 e. The van der Waals surface area contributed by atoms with E-state index < -0.39 is 30.4 Å². The Morgan fingerprint density at radius 3 is 2.47 bits per heavy atom. The van der Waals surface area contributed by atoms with Crippen LogP contribution >= 0.6 is 0 Å². The van der Waals surface area contributed by atoms with Gasteiger partial charge in [-0.05, 0) is 57.5 Å². The minimum absolute atomic E-state index is 0.00615. The molecule has 2 aromatic heterocycles. The number of halogens is 1. The second kappa shape index (κ2) is 8.90. The third kappa shape index (κ3) is 5.57. The highest BCUT2D eigenvalue weighted by Gasteiger charge is 2.37. The molecule has 0 bridgehead atoms. The highest BCUT2D eigenvalue weighted by Crippen LogP contribution is 2.38. The fourth-order valence-corrected chi connectivity index (χ4v) is 3.81. The summed E-state index contributed by atoms with van der Waals surface area (Å²) in [6.07, 6.45) is 2.80. The zero-order valence-corrected chi connectivity index (χ0v) is 21.1. The number of pyridine rings is 1. The second-order valence-corrected chi connectivity index (χ2v) is 16.5. The van der Waals surface area contributed by atoms with Crippen LogP contribution in [0.2, 0.25) is 18.1 Å². The number of hydrogen-bond donors (Lipinski definition) is 0.